The summed E-state index contributed by atoms with van der Waals surface area (Å²) in [5, 5.41) is 5.17. The number of hydrogen-bond acceptors (Lipinski definition) is 8. The second kappa shape index (κ2) is 8.74. The van der Waals surface area contributed by atoms with Gasteiger partial charge in [0.2, 0.25) is 5.82 Å². The Morgan fingerprint density at radius 2 is 1.81 bits per heavy atom. The molecule has 0 spiro atoms. The lowest BCUT2D eigenvalue weighted by Gasteiger charge is -2.23. The summed E-state index contributed by atoms with van der Waals surface area (Å²) in [6, 6.07) is 17.0. The van der Waals surface area contributed by atoms with E-state index >= 15 is 0 Å². The molecule has 2 aromatic heterocycles. The number of hydrogen-bond donors (Lipinski definition) is 3. The summed E-state index contributed by atoms with van der Waals surface area (Å²) >= 11 is 0. The van der Waals surface area contributed by atoms with Crippen molar-refractivity contribution in [3.8, 4) is 11.4 Å². The maximum absolute atomic E-state index is 14.4. The molecule has 0 aliphatic carbocycles. The van der Waals surface area contributed by atoms with E-state index in [9.17, 15) is 4.39 Å². The van der Waals surface area contributed by atoms with Crippen molar-refractivity contribution < 1.29 is 8.91 Å². The fourth-order valence-electron chi connectivity index (χ4n) is 3.09. The van der Waals surface area contributed by atoms with Crippen LogP contribution >= 0.6 is 0 Å². The maximum atomic E-state index is 14.4. The summed E-state index contributed by atoms with van der Waals surface area (Å²) in [6.07, 6.45) is 3.16. The van der Waals surface area contributed by atoms with Gasteiger partial charge in [0.15, 0.2) is 0 Å². The predicted molar refractivity (Wildman–Crippen MR) is 116 cm³/mol. The van der Waals surface area contributed by atoms with Crippen LogP contribution in [0.25, 0.3) is 22.8 Å². The average Bonchev–Trinajstić information content (AvgIpc) is 3.31. The molecule has 0 amide bonds. The van der Waals surface area contributed by atoms with Gasteiger partial charge in [-0.1, -0.05) is 35.5 Å². The van der Waals surface area contributed by atoms with Gasteiger partial charge >= 0.3 is 0 Å². The van der Waals surface area contributed by atoms with E-state index in [2.05, 4.69) is 15.1 Å². The first-order valence-electron chi connectivity index (χ1n) is 9.41. The molecule has 0 saturated heterocycles. The number of rotatable bonds is 6. The van der Waals surface area contributed by atoms with E-state index in [0.717, 1.165) is 16.1 Å². The van der Waals surface area contributed by atoms with Crippen LogP contribution in [-0.2, 0) is 6.54 Å². The van der Waals surface area contributed by atoms with E-state index in [1.165, 1.54) is 6.07 Å². The minimum atomic E-state index is -0.505. The molecule has 0 bridgehead atoms. The summed E-state index contributed by atoms with van der Waals surface area (Å²) in [5.74, 6) is 6.18. The second-order valence-electron chi connectivity index (χ2n) is 6.65. The molecule has 2 heterocycles. The van der Waals surface area contributed by atoms with Gasteiger partial charge in [-0.05, 0) is 35.9 Å². The largest absolute Gasteiger partial charge is 0.392 e. The molecule has 0 fully saturated rings. The van der Waals surface area contributed by atoms with Gasteiger partial charge in [0.05, 0.1) is 11.4 Å². The number of aromatic nitrogens is 3. The number of anilines is 1. The molecule has 4 rings (SSSR count). The summed E-state index contributed by atoms with van der Waals surface area (Å²) in [6.45, 7) is 0.386. The average molecular weight is 417 g/mol. The predicted octanol–water partition coefficient (Wildman–Crippen LogP) is 2.89. The molecule has 0 aliphatic rings. The quantitative estimate of drug-likeness (QED) is 0.322. The molecular weight excluding hydrogens is 397 g/mol. The first-order chi connectivity index (χ1) is 15.1. The fourth-order valence-corrected chi connectivity index (χ4v) is 3.09. The van der Waals surface area contributed by atoms with Crippen molar-refractivity contribution in [2.75, 3.05) is 5.01 Å². The van der Waals surface area contributed by atoms with E-state index in [4.69, 9.17) is 21.8 Å². The van der Waals surface area contributed by atoms with Crippen LogP contribution in [0, 0.1) is 5.82 Å². The van der Waals surface area contributed by atoms with Crippen LogP contribution in [0.5, 0.6) is 0 Å². The lowest BCUT2D eigenvalue weighted by Crippen LogP contribution is -2.32. The lowest BCUT2D eigenvalue weighted by atomic mass is 10.1. The molecule has 0 radical (unpaired) electrons. The number of nitrogens with two attached hydrogens (primary N) is 3. The number of nitrogens with zero attached hydrogens (tertiary/aromatic N) is 4. The highest BCUT2D eigenvalue weighted by atomic mass is 19.1. The third-order valence-corrected chi connectivity index (χ3v) is 4.64. The molecule has 0 unspecified atom stereocenters. The number of halogens is 1. The van der Waals surface area contributed by atoms with Crippen LogP contribution in [0.1, 0.15) is 17.0 Å². The fraction of sp³-hybridized carbons (Fsp3) is 0.0455. The normalized spacial score (nSPS) is 11.8. The molecule has 156 valence electrons. The molecule has 6 N–H and O–H groups in total. The molecule has 4 aromatic rings. The number of pyridine rings is 1. The summed E-state index contributed by atoms with van der Waals surface area (Å²) in [7, 11) is 0. The minimum Gasteiger partial charge on any atom is -0.392 e. The number of hydrazine groups is 1. The van der Waals surface area contributed by atoms with Crippen molar-refractivity contribution in [2.24, 2.45) is 17.3 Å². The highest BCUT2D eigenvalue weighted by Gasteiger charge is 2.22. The monoisotopic (exact) mass is 417 g/mol. The van der Waals surface area contributed by atoms with E-state index in [1.54, 1.807) is 42.7 Å². The molecular formula is C22H20FN7O. The molecule has 31 heavy (non-hydrogen) atoms. The molecule has 8 nitrogen and oxygen atoms in total. The van der Waals surface area contributed by atoms with Gasteiger partial charge in [0.1, 0.15) is 11.5 Å². The highest BCUT2D eigenvalue weighted by Crippen LogP contribution is 2.30. The minimum absolute atomic E-state index is 0.0479. The van der Waals surface area contributed by atoms with Crippen LogP contribution in [0.2, 0.25) is 0 Å². The Morgan fingerprint density at radius 1 is 1.03 bits per heavy atom. The van der Waals surface area contributed by atoms with Crippen LogP contribution < -0.4 is 22.3 Å². The van der Waals surface area contributed by atoms with Gasteiger partial charge in [0.25, 0.3) is 5.89 Å². The van der Waals surface area contributed by atoms with E-state index in [-0.39, 0.29) is 17.3 Å². The molecule has 9 heteroatoms. The van der Waals surface area contributed by atoms with Crippen LogP contribution in [0.3, 0.4) is 0 Å². The summed E-state index contributed by atoms with van der Waals surface area (Å²) < 4.78 is 19.8. The van der Waals surface area contributed by atoms with Crippen molar-refractivity contribution in [3.05, 3.63) is 95.9 Å². The van der Waals surface area contributed by atoms with Crippen molar-refractivity contribution >= 4 is 17.1 Å². The maximum Gasteiger partial charge on any atom is 0.276 e. The molecule has 0 saturated carbocycles. The third kappa shape index (κ3) is 4.13. The van der Waals surface area contributed by atoms with Crippen LogP contribution in [-0.4, -0.2) is 15.1 Å². The van der Waals surface area contributed by atoms with E-state index in [1.807, 2.05) is 24.3 Å². The van der Waals surface area contributed by atoms with E-state index < -0.39 is 5.82 Å². The first-order valence-corrected chi connectivity index (χ1v) is 9.41. The zero-order valence-electron chi connectivity index (χ0n) is 16.4. The molecule has 2 aromatic carbocycles. The Balaban J connectivity index is 1.81. The van der Waals surface area contributed by atoms with Gasteiger partial charge in [-0.2, -0.15) is 4.98 Å². The Hall–Kier alpha value is -4.08. The topological polar surface area (TPSA) is 133 Å². The Kier molecular flexibility index (Phi) is 5.69. The van der Waals surface area contributed by atoms with Crippen molar-refractivity contribution in [2.45, 2.75) is 6.54 Å². The lowest BCUT2D eigenvalue weighted by molar-refractivity contribution is 0.408. The van der Waals surface area contributed by atoms with Crippen molar-refractivity contribution in [1.29, 1.82) is 0 Å². The van der Waals surface area contributed by atoms with Gasteiger partial charge in [-0.3, -0.25) is 9.99 Å². The molecule has 0 aliphatic heterocycles. The smallest absolute Gasteiger partial charge is 0.276 e. The third-order valence-electron chi connectivity index (χ3n) is 4.64. The second-order valence-corrected chi connectivity index (χ2v) is 6.65. The summed E-state index contributed by atoms with van der Waals surface area (Å²) in [4.78, 5) is 8.42. The Morgan fingerprint density at radius 3 is 2.55 bits per heavy atom. The number of benzene rings is 2. The van der Waals surface area contributed by atoms with Gasteiger partial charge in [0, 0.05) is 30.1 Å². The van der Waals surface area contributed by atoms with Crippen molar-refractivity contribution in [1.82, 2.24) is 15.1 Å². The standard InChI is InChI=1S/C22H20FN7O/c23-17-6-1-2-7-18(17)30(26)20(15-8-10-27-11-9-15)19(25)22-28-21(29-31-22)16-5-3-4-14(12-16)13-24/h1-12H,13,24-26H2/b20-19-. The molecule has 0 atom stereocenters. The van der Waals surface area contributed by atoms with Crippen LogP contribution in [0.4, 0.5) is 10.1 Å². The Labute approximate surface area is 177 Å². The van der Waals surface area contributed by atoms with Crippen molar-refractivity contribution in [3.63, 3.8) is 0 Å². The first kappa shape index (κ1) is 20.2. The van der Waals surface area contributed by atoms with Gasteiger partial charge < -0.3 is 16.0 Å². The Bertz CT molecular complexity index is 1220. The number of para-hydroxylation sites is 1. The SMILES string of the molecule is NCc1cccc(-c2noc(/C(N)=C(\c3ccncc3)N(N)c3ccccc3F)n2)c1. The zero-order chi connectivity index (χ0) is 21.8. The van der Waals surface area contributed by atoms with E-state index in [0.29, 0.717) is 23.6 Å². The zero-order valence-corrected chi connectivity index (χ0v) is 16.4. The summed E-state index contributed by atoms with van der Waals surface area (Å²) in [5.41, 5.74) is 14.9. The van der Waals surface area contributed by atoms with Gasteiger partial charge in [-0.15, -0.1) is 0 Å². The van der Waals surface area contributed by atoms with Gasteiger partial charge in [-0.25, -0.2) is 10.2 Å². The van der Waals surface area contributed by atoms with Crippen LogP contribution in [0.15, 0.2) is 77.6 Å². The highest BCUT2D eigenvalue weighted by molar-refractivity contribution is 5.93.